The second-order valence-corrected chi connectivity index (χ2v) is 6.79. The maximum Gasteiger partial charge on any atom is 0.0942 e. The van der Waals surface area contributed by atoms with Gasteiger partial charge in [-0.3, -0.25) is 4.68 Å². The van der Waals surface area contributed by atoms with E-state index in [0.29, 0.717) is 0 Å². The molecule has 5 heteroatoms. The largest absolute Gasteiger partial charge is 0.262 e. The van der Waals surface area contributed by atoms with Crippen molar-refractivity contribution in [2.45, 2.75) is 17.7 Å². The Morgan fingerprint density at radius 2 is 2.33 bits per heavy atom. The molecule has 0 bridgehead atoms. The molecule has 0 radical (unpaired) electrons. The van der Waals surface area contributed by atoms with Crippen molar-refractivity contribution in [3.63, 3.8) is 0 Å². The van der Waals surface area contributed by atoms with Crippen LogP contribution in [0.1, 0.15) is 10.6 Å². The molecule has 15 heavy (non-hydrogen) atoms. The lowest BCUT2D eigenvalue weighted by Crippen LogP contribution is -1.92. The molecule has 0 fully saturated rings. The molecule has 2 aromatic heterocycles. The fraction of sp³-hybridized carbons (Fsp3) is 0.300. The van der Waals surface area contributed by atoms with Crippen molar-refractivity contribution in [3.05, 3.63) is 32.6 Å². The van der Waals surface area contributed by atoms with Crippen LogP contribution in [0, 0.1) is 6.92 Å². The van der Waals surface area contributed by atoms with Crippen molar-refractivity contribution >= 4 is 39.0 Å². The zero-order chi connectivity index (χ0) is 10.8. The molecule has 0 aliphatic heterocycles. The predicted octanol–water partition coefficient (Wildman–Crippen LogP) is 3.84. The molecule has 0 atom stereocenters. The highest BCUT2D eigenvalue weighted by Gasteiger charge is 2.04. The zero-order valence-corrected chi connectivity index (χ0v) is 11.7. The van der Waals surface area contributed by atoms with E-state index in [1.165, 1.54) is 13.7 Å². The summed E-state index contributed by atoms with van der Waals surface area (Å²) in [5.74, 6) is 1.01. The summed E-state index contributed by atoms with van der Waals surface area (Å²) in [5.41, 5.74) is 1.08. The minimum atomic E-state index is 1.01. The molecule has 0 saturated heterocycles. The third kappa shape index (κ3) is 2.86. The van der Waals surface area contributed by atoms with Gasteiger partial charge in [0, 0.05) is 17.7 Å². The SMILES string of the molecule is Cc1cc(SCc2ccc(Br)s2)n(C)n1. The summed E-state index contributed by atoms with van der Waals surface area (Å²) < 4.78 is 3.13. The van der Waals surface area contributed by atoms with Crippen molar-refractivity contribution in [2.75, 3.05) is 0 Å². The molecule has 80 valence electrons. The molecular formula is C10H11BrN2S2. The topological polar surface area (TPSA) is 17.8 Å². The molecule has 2 aromatic rings. The van der Waals surface area contributed by atoms with E-state index in [-0.39, 0.29) is 0 Å². The van der Waals surface area contributed by atoms with Crippen molar-refractivity contribution in [1.29, 1.82) is 0 Å². The highest BCUT2D eigenvalue weighted by molar-refractivity contribution is 9.11. The molecule has 0 aromatic carbocycles. The van der Waals surface area contributed by atoms with Gasteiger partial charge in [-0.25, -0.2) is 0 Å². The zero-order valence-electron chi connectivity index (χ0n) is 8.53. The minimum Gasteiger partial charge on any atom is -0.262 e. The molecule has 2 rings (SSSR count). The van der Waals surface area contributed by atoms with Gasteiger partial charge >= 0.3 is 0 Å². The van der Waals surface area contributed by atoms with E-state index >= 15 is 0 Å². The number of hydrogen-bond acceptors (Lipinski definition) is 3. The summed E-state index contributed by atoms with van der Waals surface area (Å²) in [6.45, 7) is 2.02. The maximum absolute atomic E-state index is 4.32. The van der Waals surface area contributed by atoms with Gasteiger partial charge in [0.05, 0.1) is 14.5 Å². The highest BCUT2D eigenvalue weighted by Crippen LogP contribution is 2.29. The number of aryl methyl sites for hydroxylation is 2. The van der Waals surface area contributed by atoms with Gasteiger partial charge in [-0.1, -0.05) is 0 Å². The van der Waals surface area contributed by atoms with Gasteiger partial charge in [0.15, 0.2) is 0 Å². The molecular weight excluding hydrogens is 292 g/mol. The fourth-order valence-corrected chi connectivity index (χ4v) is 3.86. The van der Waals surface area contributed by atoms with Crippen LogP contribution in [0.25, 0.3) is 0 Å². The van der Waals surface area contributed by atoms with E-state index in [1.807, 2.05) is 30.4 Å². The smallest absolute Gasteiger partial charge is 0.0942 e. The van der Waals surface area contributed by atoms with Gasteiger partial charge in [-0.05, 0) is 41.1 Å². The van der Waals surface area contributed by atoms with Crippen molar-refractivity contribution in [1.82, 2.24) is 9.78 Å². The number of hydrogen-bond donors (Lipinski definition) is 0. The van der Waals surface area contributed by atoms with Gasteiger partial charge in [-0.2, -0.15) is 5.10 Å². The van der Waals surface area contributed by atoms with Gasteiger partial charge < -0.3 is 0 Å². The number of halogens is 1. The lowest BCUT2D eigenvalue weighted by atomic mass is 10.5. The van der Waals surface area contributed by atoms with E-state index < -0.39 is 0 Å². The molecule has 2 nitrogen and oxygen atoms in total. The van der Waals surface area contributed by atoms with Gasteiger partial charge in [0.1, 0.15) is 0 Å². The standard InChI is InChI=1S/C10H11BrN2S2/c1-7-5-10(13(2)12-7)14-6-8-3-4-9(11)15-8/h3-5H,6H2,1-2H3. The summed E-state index contributed by atoms with van der Waals surface area (Å²) in [6, 6.07) is 6.37. The summed E-state index contributed by atoms with van der Waals surface area (Å²) in [6.07, 6.45) is 0. The average Bonchev–Trinajstić information content (AvgIpc) is 2.70. The Kier molecular flexibility index (Phi) is 3.53. The first-order valence-electron chi connectivity index (χ1n) is 4.53. The summed E-state index contributed by atoms with van der Waals surface area (Å²) in [4.78, 5) is 1.38. The lowest BCUT2D eigenvalue weighted by molar-refractivity contribution is 0.692. The van der Waals surface area contributed by atoms with Crippen LogP contribution >= 0.6 is 39.0 Å². The van der Waals surface area contributed by atoms with E-state index in [2.05, 4.69) is 39.2 Å². The van der Waals surface area contributed by atoms with Crippen LogP contribution < -0.4 is 0 Å². The minimum absolute atomic E-state index is 1.01. The van der Waals surface area contributed by atoms with Crippen LogP contribution in [-0.2, 0) is 12.8 Å². The summed E-state index contributed by atoms with van der Waals surface area (Å²) in [7, 11) is 1.99. The Morgan fingerprint density at radius 1 is 1.53 bits per heavy atom. The Balaban J connectivity index is 2.01. The second kappa shape index (κ2) is 4.72. The predicted molar refractivity (Wildman–Crippen MR) is 69.5 cm³/mol. The Morgan fingerprint density at radius 3 is 2.87 bits per heavy atom. The molecule has 0 N–H and O–H groups in total. The van der Waals surface area contributed by atoms with E-state index in [1.54, 1.807) is 11.3 Å². The quantitative estimate of drug-likeness (QED) is 0.802. The average molecular weight is 303 g/mol. The van der Waals surface area contributed by atoms with E-state index in [9.17, 15) is 0 Å². The third-order valence-corrected chi connectivity index (χ3v) is 4.89. The number of thioether (sulfide) groups is 1. The van der Waals surface area contributed by atoms with E-state index in [4.69, 9.17) is 0 Å². The van der Waals surface area contributed by atoms with Crippen LogP contribution in [0.4, 0.5) is 0 Å². The number of thiophene rings is 1. The first-order chi connectivity index (χ1) is 7.15. The molecule has 0 amide bonds. The van der Waals surface area contributed by atoms with Gasteiger partial charge in [-0.15, -0.1) is 23.1 Å². The molecule has 0 unspecified atom stereocenters. The van der Waals surface area contributed by atoms with Crippen LogP contribution in [0.15, 0.2) is 27.0 Å². The van der Waals surface area contributed by atoms with Crippen LogP contribution in [-0.4, -0.2) is 9.78 Å². The molecule has 0 saturated carbocycles. The number of aromatic nitrogens is 2. The number of rotatable bonds is 3. The summed E-state index contributed by atoms with van der Waals surface area (Å²) in [5, 5.41) is 5.54. The summed E-state index contributed by atoms with van der Waals surface area (Å²) >= 11 is 7.08. The van der Waals surface area contributed by atoms with Crippen LogP contribution in [0.5, 0.6) is 0 Å². The first kappa shape index (κ1) is 11.2. The van der Waals surface area contributed by atoms with Gasteiger partial charge in [0.2, 0.25) is 0 Å². The van der Waals surface area contributed by atoms with Crippen molar-refractivity contribution in [3.8, 4) is 0 Å². The van der Waals surface area contributed by atoms with Gasteiger partial charge in [0.25, 0.3) is 0 Å². The second-order valence-electron chi connectivity index (χ2n) is 3.24. The molecule has 0 aliphatic carbocycles. The van der Waals surface area contributed by atoms with Crippen LogP contribution in [0.3, 0.4) is 0 Å². The first-order valence-corrected chi connectivity index (χ1v) is 7.12. The maximum atomic E-state index is 4.32. The van der Waals surface area contributed by atoms with Crippen molar-refractivity contribution in [2.24, 2.45) is 7.05 Å². The Labute approximate surface area is 106 Å². The monoisotopic (exact) mass is 302 g/mol. The lowest BCUT2D eigenvalue weighted by Gasteiger charge is -1.99. The normalized spacial score (nSPS) is 10.9. The van der Waals surface area contributed by atoms with E-state index in [0.717, 1.165) is 11.4 Å². The Hall–Kier alpha value is -0.260. The molecule has 0 aliphatic rings. The number of nitrogens with zero attached hydrogens (tertiary/aromatic N) is 2. The Bertz CT molecular complexity index is 462. The fourth-order valence-electron chi connectivity index (χ4n) is 1.30. The van der Waals surface area contributed by atoms with Crippen molar-refractivity contribution < 1.29 is 0 Å². The third-order valence-electron chi connectivity index (χ3n) is 1.95. The highest BCUT2D eigenvalue weighted by atomic mass is 79.9. The molecule has 0 spiro atoms. The molecule has 2 heterocycles. The van der Waals surface area contributed by atoms with Crippen LogP contribution in [0.2, 0.25) is 0 Å².